The molecule has 0 unspecified atom stereocenters. The van der Waals surface area contributed by atoms with Crippen molar-refractivity contribution in [3.8, 4) is 10.6 Å². The minimum Gasteiger partial charge on any atom is -0.369 e. The van der Waals surface area contributed by atoms with Gasteiger partial charge in [-0.25, -0.2) is 4.98 Å². The first-order valence-electron chi connectivity index (χ1n) is 8.88. The van der Waals surface area contributed by atoms with Gasteiger partial charge in [-0.05, 0) is 31.2 Å². The van der Waals surface area contributed by atoms with Gasteiger partial charge in [0.2, 0.25) is 5.91 Å². The molecule has 1 aliphatic rings. The topological polar surface area (TPSA) is 51.2 Å². The van der Waals surface area contributed by atoms with Gasteiger partial charge in [-0.2, -0.15) is 0 Å². The molecule has 1 aromatic carbocycles. The van der Waals surface area contributed by atoms with Gasteiger partial charge >= 0.3 is 0 Å². The number of ether oxygens (including phenoxy) is 1. The molecule has 2 heterocycles. The monoisotopic (exact) mass is 358 g/mol. The third kappa shape index (κ3) is 4.28. The van der Waals surface area contributed by atoms with Gasteiger partial charge in [-0.15, -0.1) is 11.3 Å². The van der Waals surface area contributed by atoms with E-state index in [1.54, 1.807) is 18.3 Å². The molecule has 1 saturated heterocycles. The highest BCUT2D eigenvalue weighted by Gasteiger charge is 2.33. The van der Waals surface area contributed by atoms with Crippen LogP contribution in [-0.2, 0) is 9.53 Å². The van der Waals surface area contributed by atoms with Crippen LogP contribution in [0.1, 0.15) is 50.2 Å². The first-order valence-corrected chi connectivity index (χ1v) is 9.70. The van der Waals surface area contributed by atoms with Crippen LogP contribution in [0.3, 0.4) is 0 Å². The predicted molar refractivity (Wildman–Crippen MR) is 102 cm³/mol. The molecule has 1 aliphatic heterocycles. The molecule has 1 aromatic heterocycles. The van der Waals surface area contributed by atoms with Crippen LogP contribution in [0.4, 0.5) is 0 Å². The van der Waals surface area contributed by atoms with E-state index in [0.29, 0.717) is 5.92 Å². The number of amides is 1. The highest BCUT2D eigenvalue weighted by atomic mass is 32.1. The summed E-state index contributed by atoms with van der Waals surface area (Å²) in [7, 11) is 0. The molecule has 0 bridgehead atoms. The lowest BCUT2D eigenvalue weighted by atomic mass is 9.92. The standard InChI is InChI=1S/C20H26N2O2S/c1-12(2)17-9-15(22-14(4)23)10-18(24-17)19-11-21-20(25-19)16-8-6-5-7-13(16)3/h5-8,11-12,15,17-18H,9-10H2,1-4H3,(H,22,23)/t15-,17-,18+/m1/s1. The minimum absolute atomic E-state index is 0.00623. The fraction of sp³-hybridized carbons (Fsp3) is 0.500. The average molecular weight is 359 g/mol. The molecule has 4 nitrogen and oxygen atoms in total. The van der Waals surface area contributed by atoms with Crippen molar-refractivity contribution >= 4 is 17.2 Å². The van der Waals surface area contributed by atoms with Gasteiger partial charge in [-0.1, -0.05) is 38.1 Å². The predicted octanol–water partition coefficient (Wildman–Crippen LogP) is 4.50. The van der Waals surface area contributed by atoms with Crippen LogP contribution in [0.25, 0.3) is 10.6 Å². The number of thiazole rings is 1. The molecule has 0 spiro atoms. The van der Waals surface area contributed by atoms with E-state index < -0.39 is 0 Å². The first kappa shape index (κ1) is 18.1. The minimum atomic E-state index is -0.00623. The molecule has 1 fully saturated rings. The number of aryl methyl sites for hydroxylation is 1. The van der Waals surface area contributed by atoms with Gasteiger partial charge in [-0.3, -0.25) is 4.79 Å². The van der Waals surface area contributed by atoms with Crippen LogP contribution in [0, 0.1) is 12.8 Å². The summed E-state index contributed by atoms with van der Waals surface area (Å²) >= 11 is 1.69. The number of benzene rings is 1. The highest BCUT2D eigenvalue weighted by Crippen LogP contribution is 2.38. The van der Waals surface area contributed by atoms with Crippen molar-refractivity contribution in [3.63, 3.8) is 0 Å². The molecule has 3 rings (SSSR count). The molecule has 0 radical (unpaired) electrons. The summed E-state index contributed by atoms with van der Waals surface area (Å²) < 4.78 is 6.34. The Morgan fingerprint density at radius 1 is 1.32 bits per heavy atom. The third-order valence-electron chi connectivity index (χ3n) is 4.72. The van der Waals surface area contributed by atoms with E-state index in [9.17, 15) is 4.79 Å². The molecule has 2 aromatic rings. The van der Waals surface area contributed by atoms with Crippen molar-refractivity contribution < 1.29 is 9.53 Å². The van der Waals surface area contributed by atoms with E-state index in [1.165, 1.54) is 11.1 Å². The zero-order valence-electron chi connectivity index (χ0n) is 15.3. The van der Waals surface area contributed by atoms with E-state index in [2.05, 4.69) is 43.2 Å². The number of carbonyl (C=O) groups excluding carboxylic acids is 1. The van der Waals surface area contributed by atoms with Gasteiger partial charge in [0.05, 0.1) is 17.1 Å². The average Bonchev–Trinajstić information content (AvgIpc) is 3.04. The maximum atomic E-state index is 11.5. The van der Waals surface area contributed by atoms with Crippen molar-refractivity contribution in [2.24, 2.45) is 5.92 Å². The largest absolute Gasteiger partial charge is 0.369 e. The summed E-state index contributed by atoms with van der Waals surface area (Å²) in [4.78, 5) is 17.3. The summed E-state index contributed by atoms with van der Waals surface area (Å²) in [5.41, 5.74) is 2.40. The lowest BCUT2D eigenvalue weighted by molar-refractivity contribution is -0.123. The van der Waals surface area contributed by atoms with Crippen LogP contribution in [0.15, 0.2) is 30.5 Å². The van der Waals surface area contributed by atoms with Gasteiger partial charge in [0.15, 0.2) is 0 Å². The van der Waals surface area contributed by atoms with E-state index in [0.717, 1.165) is 22.7 Å². The fourth-order valence-corrected chi connectivity index (χ4v) is 4.40. The number of hydrogen-bond acceptors (Lipinski definition) is 4. The zero-order valence-corrected chi connectivity index (χ0v) is 16.1. The first-order chi connectivity index (χ1) is 11.9. The Morgan fingerprint density at radius 3 is 2.76 bits per heavy atom. The lowest BCUT2D eigenvalue weighted by Crippen LogP contribution is -2.43. The fourth-order valence-electron chi connectivity index (χ4n) is 3.35. The second kappa shape index (κ2) is 7.67. The highest BCUT2D eigenvalue weighted by molar-refractivity contribution is 7.15. The molecular formula is C20H26N2O2S. The molecular weight excluding hydrogens is 332 g/mol. The molecule has 0 saturated carbocycles. The normalized spacial score (nSPS) is 23.6. The Hall–Kier alpha value is -1.72. The summed E-state index contributed by atoms with van der Waals surface area (Å²) in [6.45, 7) is 8.03. The maximum Gasteiger partial charge on any atom is 0.217 e. The number of aromatic nitrogens is 1. The second-order valence-corrected chi connectivity index (χ2v) is 8.22. The molecule has 1 amide bonds. The van der Waals surface area contributed by atoms with Crippen LogP contribution in [0.5, 0.6) is 0 Å². The van der Waals surface area contributed by atoms with Crippen molar-refractivity contribution in [2.75, 3.05) is 0 Å². The Labute approximate surface area is 153 Å². The van der Waals surface area contributed by atoms with E-state index >= 15 is 0 Å². The number of rotatable bonds is 4. The SMILES string of the molecule is CC(=O)N[C@H]1C[C@@H](c2cnc(-c3ccccc3C)s2)O[C@@H](C(C)C)C1. The maximum absolute atomic E-state index is 11.5. The van der Waals surface area contributed by atoms with Crippen molar-refractivity contribution in [3.05, 3.63) is 40.9 Å². The summed E-state index contributed by atoms with van der Waals surface area (Å²) in [5.74, 6) is 0.445. The third-order valence-corrected chi connectivity index (χ3v) is 5.84. The molecule has 134 valence electrons. The van der Waals surface area contributed by atoms with Gasteiger partial charge < -0.3 is 10.1 Å². The number of hydrogen-bond donors (Lipinski definition) is 1. The summed E-state index contributed by atoms with van der Waals surface area (Å²) in [6, 6.07) is 8.46. The number of nitrogens with zero attached hydrogens (tertiary/aromatic N) is 1. The lowest BCUT2D eigenvalue weighted by Gasteiger charge is -2.37. The Bertz CT molecular complexity index is 741. The van der Waals surface area contributed by atoms with Gasteiger partial charge in [0.1, 0.15) is 5.01 Å². The molecule has 1 N–H and O–H groups in total. The smallest absolute Gasteiger partial charge is 0.217 e. The van der Waals surface area contributed by atoms with Gasteiger partial charge in [0.25, 0.3) is 0 Å². The van der Waals surface area contributed by atoms with Crippen LogP contribution >= 0.6 is 11.3 Å². The summed E-state index contributed by atoms with van der Waals surface area (Å²) in [5, 5.41) is 4.11. The Balaban J connectivity index is 1.82. The number of nitrogens with one attached hydrogen (secondary N) is 1. The molecule has 3 atom stereocenters. The van der Waals surface area contributed by atoms with Crippen molar-refractivity contribution in [1.29, 1.82) is 0 Å². The molecule has 25 heavy (non-hydrogen) atoms. The number of carbonyl (C=O) groups is 1. The van der Waals surface area contributed by atoms with Crippen LogP contribution in [0.2, 0.25) is 0 Å². The summed E-state index contributed by atoms with van der Waals surface area (Å²) in [6.07, 6.45) is 3.76. The van der Waals surface area contributed by atoms with E-state index in [4.69, 9.17) is 4.74 Å². The van der Waals surface area contributed by atoms with Crippen LogP contribution in [-0.4, -0.2) is 23.0 Å². The van der Waals surface area contributed by atoms with Crippen molar-refractivity contribution in [1.82, 2.24) is 10.3 Å². The quantitative estimate of drug-likeness (QED) is 0.875. The van der Waals surface area contributed by atoms with E-state index in [1.807, 2.05) is 18.3 Å². The Kier molecular flexibility index (Phi) is 5.54. The van der Waals surface area contributed by atoms with Gasteiger partial charge in [0, 0.05) is 24.7 Å². The second-order valence-electron chi connectivity index (χ2n) is 7.16. The zero-order chi connectivity index (χ0) is 18.0. The van der Waals surface area contributed by atoms with Crippen LogP contribution < -0.4 is 5.32 Å². The van der Waals surface area contributed by atoms with E-state index in [-0.39, 0.29) is 24.2 Å². The molecule has 0 aliphatic carbocycles. The van der Waals surface area contributed by atoms with Crippen molar-refractivity contribution in [2.45, 2.75) is 58.8 Å². The molecule has 5 heteroatoms. The Morgan fingerprint density at radius 2 is 2.08 bits per heavy atom.